The Morgan fingerprint density at radius 1 is 0.879 bits per heavy atom. The van der Waals surface area contributed by atoms with Crippen molar-refractivity contribution in [3.05, 3.63) is 42.0 Å². The largest absolute Gasteiger partial charge is 0.379 e. The molecule has 1 aromatic carbocycles. The summed E-state index contributed by atoms with van der Waals surface area (Å²) in [5.74, 6) is -1.12. The van der Waals surface area contributed by atoms with Crippen molar-refractivity contribution >= 4 is 35.2 Å². The van der Waals surface area contributed by atoms with Crippen LogP contribution < -0.4 is 5.32 Å². The molecule has 0 unspecified atom stereocenters. The van der Waals surface area contributed by atoms with E-state index in [1.54, 1.807) is 12.1 Å². The maximum absolute atomic E-state index is 12.0. The molecule has 2 aliphatic heterocycles. The first-order valence-corrected chi connectivity index (χ1v) is 10.8. The molecule has 0 aliphatic carbocycles. The van der Waals surface area contributed by atoms with E-state index in [0.717, 1.165) is 10.5 Å². The summed E-state index contributed by atoms with van der Waals surface area (Å²) in [7, 11) is 0. The number of carbonyl (C=O) groups excluding carboxylic acids is 5. The van der Waals surface area contributed by atoms with Crippen molar-refractivity contribution in [1.82, 2.24) is 9.80 Å². The van der Waals surface area contributed by atoms with Gasteiger partial charge >= 0.3 is 0 Å². The van der Waals surface area contributed by atoms with Crippen LogP contribution in [-0.4, -0.2) is 78.9 Å². The normalized spacial score (nSPS) is 15.2. The summed E-state index contributed by atoms with van der Waals surface area (Å²) in [6.07, 6.45) is 3.91. The maximum atomic E-state index is 12.0. The molecule has 10 heteroatoms. The van der Waals surface area contributed by atoms with E-state index < -0.39 is 0 Å². The summed E-state index contributed by atoms with van der Waals surface area (Å²) in [5.41, 5.74) is 1.60. The van der Waals surface area contributed by atoms with Gasteiger partial charge in [0.1, 0.15) is 0 Å². The van der Waals surface area contributed by atoms with Crippen LogP contribution in [-0.2, 0) is 39.9 Å². The second-order valence-corrected chi connectivity index (χ2v) is 7.57. The molecule has 0 radical (unpaired) electrons. The molecule has 0 aromatic heterocycles. The third kappa shape index (κ3) is 7.33. The van der Waals surface area contributed by atoms with E-state index >= 15 is 0 Å². The van der Waals surface area contributed by atoms with Crippen molar-refractivity contribution in [1.29, 1.82) is 0 Å². The van der Waals surface area contributed by atoms with E-state index in [9.17, 15) is 24.0 Å². The van der Waals surface area contributed by atoms with Gasteiger partial charge in [-0.05, 0) is 24.1 Å². The van der Waals surface area contributed by atoms with Gasteiger partial charge in [-0.25, -0.2) is 0 Å². The molecule has 33 heavy (non-hydrogen) atoms. The Bertz CT molecular complexity index is 908. The SMILES string of the molecule is O=C(CCOCCOCCN1C(=O)C=CC1=O)Nc1ccc(CCC(=O)N2CCC2=O)cc1. The van der Waals surface area contributed by atoms with E-state index in [4.69, 9.17) is 9.47 Å². The lowest BCUT2D eigenvalue weighted by Crippen LogP contribution is -2.47. The Balaban J connectivity index is 1.21. The predicted octanol–water partition coefficient (Wildman–Crippen LogP) is 0.665. The summed E-state index contributed by atoms with van der Waals surface area (Å²) in [4.78, 5) is 60.3. The fraction of sp³-hybridized carbons (Fsp3) is 0.435. The Labute approximate surface area is 191 Å². The van der Waals surface area contributed by atoms with E-state index in [1.807, 2.05) is 12.1 Å². The lowest BCUT2D eigenvalue weighted by Gasteiger charge is -2.28. The average Bonchev–Trinajstić information content (AvgIpc) is 3.11. The molecule has 0 bridgehead atoms. The highest BCUT2D eigenvalue weighted by Crippen LogP contribution is 2.15. The predicted molar refractivity (Wildman–Crippen MR) is 117 cm³/mol. The number of aryl methyl sites for hydroxylation is 1. The molecule has 2 heterocycles. The van der Waals surface area contributed by atoms with Gasteiger partial charge in [0.15, 0.2) is 0 Å². The molecule has 0 saturated carbocycles. The fourth-order valence-electron chi connectivity index (χ4n) is 3.24. The highest BCUT2D eigenvalue weighted by atomic mass is 16.5. The van der Waals surface area contributed by atoms with Gasteiger partial charge in [0.2, 0.25) is 17.7 Å². The highest BCUT2D eigenvalue weighted by Gasteiger charge is 2.29. The Kier molecular flexibility index (Phi) is 8.85. The molecule has 2 aliphatic rings. The summed E-state index contributed by atoms with van der Waals surface area (Å²) >= 11 is 0. The van der Waals surface area contributed by atoms with Crippen LogP contribution in [0.15, 0.2) is 36.4 Å². The first kappa shape index (κ1) is 24.3. The molecular formula is C23H27N3O7. The summed E-state index contributed by atoms with van der Waals surface area (Å²) in [6, 6.07) is 7.22. The zero-order valence-electron chi connectivity index (χ0n) is 18.3. The number of ether oxygens (including phenoxy) is 2. The zero-order chi connectivity index (χ0) is 23.6. The van der Waals surface area contributed by atoms with Gasteiger partial charge in [0.05, 0.1) is 39.4 Å². The smallest absolute Gasteiger partial charge is 0.253 e. The van der Waals surface area contributed by atoms with Crippen LogP contribution in [0.25, 0.3) is 0 Å². The van der Waals surface area contributed by atoms with Crippen LogP contribution in [0.4, 0.5) is 5.69 Å². The molecule has 1 saturated heterocycles. The van der Waals surface area contributed by atoms with E-state index in [2.05, 4.69) is 5.32 Å². The van der Waals surface area contributed by atoms with Crippen LogP contribution in [0.3, 0.4) is 0 Å². The van der Waals surface area contributed by atoms with Gasteiger partial charge in [0, 0.05) is 37.2 Å². The molecule has 10 nitrogen and oxygen atoms in total. The highest BCUT2D eigenvalue weighted by molar-refractivity contribution is 6.12. The van der Waals surface area contributed by atoms with Crippen LogP contribution in [0.2, 0.25) is 0 Å². The minimum Gasteiger partial charge on any atom is -0.379 e. The topological polar surface area (TPSA) is 122 Å². The molecule has 1 fully saturated rings. The van der Waals surface area contributed by atoms with Gasteiger partial charge in [-0.1, -0.05) is 12.1 Å². The Morgan fingerprint density at radius 3 is 2.15 bits per heavy atom. The van der Waals surface area contributed by atoms with Crippen LogP contribution in [0.5, 0.6) is 0 Å². The van der Waals surface area contributed by atoms with E-state index in [0.29, 0.717) is 38.3 Å². The van der Waals surface area contributed by atoms with Crippen molar-refractivity contribution in [2.45, 2.75) is 25.7 Å². The number of anilines is 1. The summed E-state index contributed by atoms with van der Waals surface area (Å²) < 4.78 is 10.7. The first-order chi connectivity index (χ1) is 15.9. The number of likely N-dealkylation sites (tertiary alicyclic amines) is 1. The minimum absolute atomic E-state index is 0.111. The molecule has 0 atom stereocenters. The van der Waals surface area contributed by atoms with Crippen molar-refractivity contribution < 1.29 is 33.4 Å². The molecule has 1 N–H and O–H groups in total. The molecule has 3 rings (SSSR count). The van der Waals surface area contributed by atoms with Crippen LogP contribution >= 0.6 is 0 Å². The van der Waals surface area contributed by atoms with E-state index in [-0.39, 0.29) is 62.1 Å². The monoisotopic (exact) mass is 457 g/mol. The Morgan fingerprint density at radius 2 is 1.55 bits per heavy atom. The fourth-order valence-corrected chi connectivity index (χ4v) is 3.24. The molecule has 5 amide bonds. The van der Waals surface area contributed by atoms with E-state index in [1.165, 1.54) is 17.1 Å². The number of hydrogen-bond donors (Lipinski definition) is 1. The standard InChI is InChI=1S/C23H27N3O7/c27-19(10-13-32-15-16-33-14-12-26-21(29)7-8-22(26)30)24-18-4-1-17(2-5-18)3-6-20(28)25-11-9-23(25)31/h1-2,4-5,7-8H,3,6,9-16H2,(H,24,27). The zero-order valence-corrected chi connectivity index (χ0v) is 18.3. The van der Waals surface area contributed by atoms with Gasteiger partial charge < -0.3 is 14.8 Å². The first-order valence-electron chi connectivity index (χ1n) is 10.8. The van der Waals surface area contributed by atoms with Crippen molar-refractivity contribution in [2.24, 2.45) is 0 Å². The number of carbonyl (C=O) groups is 5. The molecular weight excluding hydrogens is 430 g/mol. The third-order valence-corrected chi connectivity index (χ3v) is 5.22. The number of nitrogens with zero attached hydrogens (tertiary/aromatic N) is 2. The third-order valence-electron chi connectivity index (χ3n) is 5.22. The van der Waals surface area contributed by atoms with Crippen LogP contribution in [0.1, 0.15) is 24.8 Å². The number of β-lactam (4-membered cyclic amide) rings is 1. The number of amides is 5. The second kappa shape index (κ2) is 12.0. The van der Waals surface area contributed by atoms with Gasteiger partial charge in [-0.15, -0.1) is 0 Å². The lowest BCUT2D eigenvalue weighted by atomic mass is 10.1. The van der Waals surface area contributed by atoms with Crippen molar-refractivity contribution in [3.8, 4) is 0 Å². The molecule has 1 aromatic rings. The molecule has 0 spiro atoms. The van der Waals surface area contributed by atoms with Crippen molar-refractivity contribution in [2.75, 3.05) is 44.8 Å². The van der Waals surface area contributed by atoms with Crippen molar-refractivity contribution in [3.63, 3.8) is 0 Å². The maximum Gasteiger partial charge on any atom is 0.253 e. The number of nitrogens with one attached hydrogen (secondary N) is 1. The number of imide groups is 2. The quantitative estimate of drug-likeness (QED) is 0.262. The minimum atomic E-state index is -0.338. The van der Waals surface area contributed by atoms with Crippen LogP contribution in [0, 0.1) is 0 Å². The second-order valence-electron chi connectivity index (χ2n) is 7.57. The molecule has 176 valence electrons. The summed E-state index contributed by atoms with van der Waals surface area (Å²) in [5, 5.41) is 2.78. The Hall–Kier alpha value is -3.37. The number of hydrogen-bond acceptors (Lipinski definition) is 7. The number of benzene rings is 1. The van der Waals surface area contributed by atoms with Gasteiger partial charge in [0.25, 0.3) is 11.8 Å². The number of rotatable bonds is 13. The summed E-state index contributed by atoms with van der Waals surface area (Å²) in [6.45, 7) is 1.76. The average molecular weight is 457 g/mol. The van der Waals surface area contributed by atoms with Gasteiger partial charge in [-0.2, -0.15) is 0 Å². The lowest BCUT2D eigenvalue weighted by molar-refractivity contribution is -0.152. The van der Waals surface area contributed by atoms with Gasteiger partial charge in [-0.3, -0.25) is 33.8 Å².